The number of dihydropyridines is 1. The summed E-state index contributed by atoms with van der Waals surface area (Å²) in [5.41, 5.74) is 1.03. The van der Waals surface area contributed by atoms with Crippen LogP contribution in [0.2, 0.25) is 0 Å². The number of rotatable bonds is 1. The average Bonchev–Trinajstić information content (AvgIpc) is 2.13. The Kier molecular flexibility index (Phi) is 5.44. The zero-order chi connectivity index (χ0) is 10.4. The summed E-state index contributed by atoms with van der Waals surface area (Å²) < 4.78 is 12.9. The lowest BCUT2D eigenvalue weighted by atomic mass is 10.0. The van der Waals surface area contributed by atoms with E-state index in [1.54, 1.807) is 13.0 Å². The first-order valence-corrected chi connectivity index (χ1v) is 4.94. The van der Waals surface area contributed by atoms with Crippen LogP contribution in [0.15, 0.2) is 23.7 Å². The predicted molar refractivity (Wildman–Crippen MR) is 56.1 cm³/mol. The quantitative estimate of drug-likeness (QED) is 0.660. The number of halogens is 1. The first-order chi connectivity index (χ1) is 6.11. The van der Waals surface area contributed by atoms with Crippen LogP contribution in [-0.4, -0.2) is 6.04 Å². The molecule has 0 saturated heterocycles. The molecule has 0 amide bonds. The summed E-state index contributed by atoms with van der Waals surface area (Å²) in [6.45, 7) is 9.90. The smallest absolute Gasteiger partial charge is 0.122 e. The SMILES string of the molecule is CC.CC(C)C1=CNC(C)C(F)=C1. The first kappa shape index (κ1) is 12.2. The first-order valence-electron chi connectivity index (χ1n) is 4.94. The zero-order valence-electron chi connectivity index (χ0n) is 9.19. The highest BCUT2D eigenvalue weighted by Crippen LogP contribution is 2.19. The monoisotopic (exact) mass is 185 g/mol. The van der Waals surface area contributed by atoms with Gasteiger partial charge >= 0.3 is 0 Å². The maximum Gasteiger partial charge on any atom is 0.122 e. The molecule has 0 radical (unpaired) electrons. The van der Waals surface area contributed by atoms with Gasteiger partial charge in [0.15, 0.2) is 0 Å². The van der Waals surface area contributed by atoms with Crippen LogP contribution in [0.4, 0.5) is 4.39 Å². The van der Waals surface area contributed by atoms with Gasteiger partial charge in [-0.1, -0.05) is 27.7 Å². The van der Waals surface area contributed by atoms with Crippen molar-refractivity contribution in [3.8, 4) is 0 Å². The van der Waals surface area contributed by atoms with Gasteiger partial charge in [-0.25, -0.2) is 4.39 Å². The molecule has 0 aromatic carbocycles. The van der Waals surface area contributed by atoms with Gasteiger partial charge in [-0.2, -0.15) is 0 Å². The van der Waals surface area contributed by atoms with Crippen LogP contribution >= 0.6 is 0 Å². The van der Waals surface area contributed by atoms with Gasteiger partial charge in [-0.3, -0.25) is 0 Å². The predicted octanol–water partition coefficient (Wildman–Crippen LogP) is 3.40. The highest BCUT2D eigenvalue weighted by molar-refractivity contribution is 5.28. The highest BCUT2D eigenvalue weighted by Gasteiger charge is 2.13. The highest BCUT2D eigenvalue weighted by atomic mass is 19.1. The van der Waals surface area contributed by atoms with Crippen molar-refractivity contribution in [3.05, 3.63) is 23.7 Å². The Hall–Kier alpha value is -0.790. The van der Waals surface area contributed by atoms with E-state index in [0.717, 1.165) is 5.57 Å². The molecule has 1 N–H and O–H groups in total. The third-order valence-corrected chi connectivity index (χ3v) is 1.88. The van der Waals surface area contributed by atoms with Crippen molar-refractivity contribution in [2.75, 3.05) is 0 Å². The molecule has 0 saturated carbocycles. The van der Waals surface area contributed by atoms with E-state index in [1.165, 1.54) is 0 Å². The van der Waals surface area contributed by atoms with Crippen molar-refractivity contribution >= 4 is 0 Å². The molecule has 2 heteroatoms. The summed E-state index contributed by atoms with van der Waals surface area (Å²) in [6.07, 6.45) is 3.50. The standard InChI is InChI=1S/C9H14FN.C2H6/c1-6(2)8-4-9(10)7(3)11-5-8;1-2/h4-7,11H,1-3H3;1-2H3. The van der Waals surface area contributed by atoms with Gasteiger partial charge in [-0.05, 0) is 24.5 Å². The normalized spacial score (nSPS) is 21.0. The van der Waals surface area contributed by atoms with Crippen LogP contribution in [0.3, 0.4) is 0 Å². The van der Waals surface area contributed by atoms with Crippen molar-refractivity contribution in [1.29, 1.82) is 0 Å². The molecule has 76 valence electrons. The second-order valence-electron chi connectivity index (χ2n) is 3.22. The van der Waals surface area contributed by atoms with E-state index in [9.17, 15) is 4.39 Å². The third-order valence-electron chi connectivity index (χ3n) is 1.88. The van der Waals surface area contributed by atoms with Crippen molar-refractivity contribution in [3.63, 3.8) is 0 Å². The van der Waals surface area contributed by atoms with Crippen molar-refractivity contribution in [1.82, 2.24) is 5.32 Å². The summed E-state index contributed by atoms with van der Waals surface area (Å²) in [4.78, 5) is 0. The Morgan fingerprint density at radius 1 is 1.38 bits per heavy atom. The molecule has 1 atom stereocenters. The fourth-order valence-corrected chi connectivity index (χ4v) is 0.960. The van der Waals surface area contributed by atoms with E-state index in [2.05, 4.69) is 5.32 Å². The lowest BCUT2D eigenvalue weighted by molar-refractivity contribution is 0.511. The summed E-state index contributed by atoms with van der Waals surface area (Å²) in [6, 6.07) is -0.155. The molecule has 0 aromatic heterocycles. The largest absolute Gasteiger partial charge is 0.382 e. The number of hydrogen-bond donors (Lipinski definition) is 1. The van der Waals surface area contributed by atoms with Crippen LogP contribution in [0.5, 0.6) is 0 Å². The number of allylic oxidation sites excluding steroid dienone is 2. The van der Waals surface area contributed by atoms with Gasteiger partial charge in [0.2, 0.25) is 0 Å². The van der Waals surface area contributed by atoms with Gasteiger partial charge in [0, 0.05) is 6.20 Å². The zero-order valence-corrected chi connectivity index (χ0v) is 9.19. The van der Waals surface area contributed by atoms with E-state index in [-0.39, 0.29) is 11.9 Å². The average molecular weight is 185 g/mol. The molecule has 0 spiro atoms. The van der Waals surface area contributed by atoms with E-state index in [0.29, 0.717) is 5.92 Å². The van der Waals surface area contributed by atoms with Crippen molar-refractivity contribution in [2.24, 2.45) is 5.92 Å². The maximum atomic E-state index is 12.9. The molecule has 0 aliphatic carbocycles. The topological polar surface area (TPSA) is 12.0 Å². The second-order valence-corrected chi connectivity index (χ2v) is 3.22. The molecule has 0 aromatic rings. The molecule has 1 unspecified atom stereocenters. The van der Waals surface area contributed by atoms with Gasteiger partial charge in [-0.15, -0.1) is 0 Å². The van der Waals surface area contributed by atoms with Crippen LogP contribution in [0, 0.1) is 5.92 Å². The summed E-state index contributed by atoms with van der Waals surface area (Å²) in [7, 11) is 0. The molecule has 0 fully saturated rings. The lowest BCUT2D eigenvalue weighted by Gasteiger charge is -2.18. The molecule has 1 rings (SSSR count). The molecule has 1 aliphatic heterocycles. The van der Waals surface area contributed by atoms with Crippen LogP contribution in [-0.2, 0) is 0 Å². The molecular weight excluding hydrogens is 165 g/mol. The molecule has 1 nitrogen and oxygen atoms in total. The van der Waals surface area contributed by atoms with Crippen LogP contribution < -0.4 is 5.32 Å². The second kappa shape index (κ2) is 5.79. The molecular formula is C11H20FN. The van der Waals surface area contributed by atoms with E-state index >= 15 is 0 Å². The maximum absolute atomic E-state index is 12.9. The Labute approximate surface area is 80.7 Å². The molecule has 0 bridgehead atoms. The Bertz CT molecular complexity index is 204. The van der Waals surface area contributed by atoms with E-state index in [4.69, 9.17) is 0 Å². The van der Waals surface area contributed by atoms with Crippen LogP contribution in [0.1, 0.15) is 34.6 Å². The number of nitrogens with one attached hydrogen (secondary N) is 1. The van der Waals surface area contributed by atoms with Crippen molar-refractivity contribution < 1.29 is 4.39 Å². The van der Waals surface area contributed by atoms with E-state index < -0.39 is 0 Å². The lowest BCUT2D eigenvalue weighted by Crippen LogP contribution is -2.25. The minimum atomic E-state index is -0.155. The van der Waals surface area contributed by atoms with Gasteiger partial charge < -0.3 is 5.32 Å². The fraction of sp³-hybridized carbons (Fsp3) is 0.636. The third kappa shape index (κ3) is 3.62. The Morgan fingerprint density at radius 2 is 1.92 bits per heavy atom. The Morgan fingerprint density at radius 3 is 2.31 bits per heavy atom. The fourth-order valence-electron chi connectivity index (χ4n) is 0.960. The van der Waals surface area contributed by atoms with E-state index in [1.807, 2.05) is 33.9 Å². The van der Waals surface area contributed by atoms with Crippen LogP contribution in [0.25, 0.3) is 0 Å². The van der Waals surface area contributed by atoms with Gasteiger partial charge in [0.05, 0.1) is 6.04 Å². The summed E-state index contributed by atoms with van der Waals surface area (Å²) in [5, 5.41) is 2.96. The molecule has 1 aliphatic rings. The molecule has 1 heterocycles. The summed E-state index contributed by atoms with van der Waals surface area (Å²) in [5.74, 6) is 0.317. The van der Waals surface area contributed by atoms with Gasteiger partial charge in [0.25, 0.3) is 0 Å². The summed E-state index contributed by atoms with van der Waals surface area (Å²) >= 11 is 0. The number of hydrogen-bond acceptors (Lipinski definition) is 1. The minimum absolute atomic E-state index is 0.0730. The van der Waals surface area contributed by atoms with Crippen molar-refractivity contribution in [2.45, 2.75) is 40.7 Å². The Balaban J connectivity index is 0.000000671. The van der Waals surface area contributed by atoms with Gasteiger partial charge in [0.1, 0.15) is 5.83 Å². The minimum Gasteiger partial charge on any atom is -0.382 e. The molecule has 13 heavy (non-hydrogen) atoms.